The molecule has 1 saturated heterocycles. The van der Waals surface area contributed by atoms with Crippen LogP contribution in [0.2, 0.25) is 0 Å². The SMILES string of the molecule is CN/C=C(\C(=N)CN1CCOCC1)c1cnc2ccc(N/C(N)=C/C(=C\N)C(C)C)nc2c1. The molecule has 2 aromatic heterocycles. The van der Waals surface area contributed by atoms with Crippen LogP contribution in [0.4, 0.5) is 5.82 Å². The summed E-state index contributed by atoms with van der Waals surface area (Å²) in [7, 11) is 1.83. The molecule has 0 saturated carbocycles. The summed E-state index contributed by atoms with van der Waals surface area (Å²) in [6, 6.07) is 5.68. The zero-order chi connectivity index (χ0) is 23.8. The summed E-state index contributed by atoms with van der Waals surface area (Å²) in [6.45, 7) is 7.72. The minimum atomic E-state index is 0.261. The van der Waals surface area contributed by atoms with Gasteiger partial charge in [-0.05, 0) is 42.0 Å². The van der Waals surface area contributed by atoms with Crippen molar-refractivity contribution in [3.63, 3.8) is 0 Å². The van der Waals surface area contributed by atoms with Gasteiger partial charge in [0.1, 0.15) is 11.6 Å². The van der Waals surface area contributed by atoms with Gasteiger partial charge in [0.15, 0.2) is 0 Å². The number of fused-ring (bicyclic) bond motifs is 1. The Bertz CT molecular complexity index is 1070. The van der Waals surface area contributed by atoms with Crippen molar-refractivity contribution in [3.05, 3.63) is 59.8 Å². The highest BCUT2D eigenvalue weighted by molar-refractivity contribution is 6.23. The maximum absolute atomic E-state index is 8.69. The largest absolute Gasteiger partial charge is 0.404 e. The first-order valence-electron chi connectivity index (χ1n) is 11.1. The van der Waals surface area contributed by atoms with E-state index < -0.39 is 0 Å². The molecule has 2 aromatic rings. The molecule has 0 aliphatic carbocycles. The molecule has 1 fully saturated rings. The molecular formula is C24H34N8O. The molecule has 0 bridgehead atoms. The lowest BCUT2D eigenvalue weighted by atomic mass is 10.0. The number of morpholine rings is 1. The second-order valence-electron chi connectivity index (χ2n) is 8.22. The number of nitrogens with two attached hydrogens (primary N) is 2. The van der Waals surface area contributed by atoms with E-state index in [0.29, 0.717) is 42.6 Å². The average molecular weight is 451 g/mol. The van der Waals surface area contributed by atoms with Crippen molar-refractivity contribution in [2.75, 3.05) is 45.2 Å². The predicted molar refractivity (Wildman–Crippen MR) is 135 cm³/mol. The smallest absolute Gasteiger partial charge is 0.132 e. The fraction of sp³-hybridized carbons (Fsp3) is 0.375. The van der Waals surface area contributed by atoms with Crippen LogP contribution in [0.1, 0.15) is 19.4 Å². The van der Waals surface area contributed by atoms with Gasteiger partial charge in [-0.25, -0.2) is 4.98 Å². The van der Waals surface area contributed by atoms with E-state index in [9.17, 15) is 0 Å². The highest BCUT2D eigenvalue weighted by atomic mass is 16.5. The maximum atomic E-state index is 8.69. The van der Waals surface area contributed by atoms with E-state index in [-0.39, 0.29) is 5.92 Å². The number of ether oxygens (including phenoxy) is 1. The topological polar surface area (TPSA) is 138 Å². The molecule has 0 radical (unpaired) electrons. The van der Waals surface area contributed by atoms with E-state index in [4.69, 9.17) is 21.6 Å². The number of anilines is 1. The molecule has 0 atom stereocenters. The van der Waals surface area contributed by atoms with Crippen LogP contribution in [0.25, 0.3) is 16.6 Å². The summed E-state index contributed by atoms with van der Waals surface area (Å²) in [5.41, 5.74) is 16.4. The third-order valence-corrected chi connectivity index (χ3v) is 5.40. The first-order chi connectivity index (χ1) is 15.9. The van der Waals surface area contributed by atoms with Crippen molar-refractivity contribution in [2.45, 2.75) is 13.8 Å². The van der Waals surface area contributed by atoms with Crippen molar-refractivity contribution in [1.29, 1.82) is 5.41 Å². The Hall–Kier alpha value is -3.43. The van der Waals surface area contributed by atoms with Gasteiger partial charge in [-0.3, -0.25) is 9.88 Å². The number of nitrogens with one attached hydrogen (secondary N) is 3. The normalized spacial score (nSPS) is 16.3. The molecule has 0 unspecified atom stereocenters. The Morgan fingerprint density at radius 1 is 1.27 bits per heavy atom. The molecule has 9 heteroatoms. The van der Waals surface area contributed by atoms with Crippen molar-refractivity contribution >= 4 is 28.1 Å². The standard InChI is InChI=1S/C24H34N8O/c1-16(2)17(12-25)11-23(27)31-24-5-4-21-22(30-24)10-18(13-29-21)19(14-28-3)20(26)15-32-6-8-33-9-7-32/h4-5,10-14,16,26,28H,6-9,15,25,27H2,1-3H3,(H,30,31)/b17-12+,19-14-,23-11+,26-20?. The van der Waals surface area contributed by atoms with Crippen LogP contribution in [0.15, 0.2) is 54.3 Å². The number of aromatic nitrogens is 2. The van der Waals surface area contributed by atoms with E-state index >= 15 is 0 Å². The van der Waals surface area contributed by atoms with Gasteiger partial charge in [-0.1, -0.05) is 13.8 Å². The summed E-state index contributed by atoms with van der Waals surface area (Å²) in [6.07, 6.45) is 6.99. The van der Waals surface area contributed by atoms with Crippen molar-refractivity contribution < 1.29 is 4.74 Å². The Kier molecular flexibility index (Phi) is 8.39. The average Bonchev–Trinajstić information content (AvgIpc) is 2.81. The van der Waals surface area contributed by atoms with Crippen LogP contribution >= 0.6 is 0 Å². The Morgan fingerprint density at radius 3 is 2.70 bits per heavy atom. The summed E-state index contributed by atoms with van der Waals surface area (Å²) in [4.78, 5) is 11.5. The quantitative estimate of drug-likeness (QED) is 0.290. The number of allylic oxidation sites excluding steroid dienone is 2. The Morgan fingerprint density at radius 2 is 2.03 bits per heavy atom. The number of hydrogen-bond donors (Lipinski definition) is 5. The van der Waals surface area contributed by atoms with Gasteiger partial charge in [-0.15, -0.1) is 0 Å². The molecule has 1 aliphatic heterocycles. The Balaban J connectivity index is 1.84. The minimum Gasteiger partial charge on any atom is -0.404 e. The van der Waals surface area contributed by atoms with Crippen molar-refractivity contribution in [2.24, 2.45) is 17.4 Å². The highest BCUT2D eigenvalue weighted by Crippen LogP contribution is 2.21. The van der Waals surface area contributed by atoms with E-state index in [0.717, 1.165) is 35.3 Å². The second-order valence-corrected chi connectivity index (χ2v) is 8.22. The molecule has 3 rings (SSSR count). The number of hydrogen-bond acceptors (Lipinski definition) is 9. The lowest BCUT2D eigenvalue weighted by molar-refractivity contribution is 0.0453. The first kappa shape index (κ1) is 24.2. The molecule has 33 heavy (non-hydrogen) atoms. The van der Waals surface area contributed by atoms with Crippen LogP contribution in [0.3, 0.4) is 0 Å². The van der Waals surface area contributed by atoms with Gasteiger partial charge in [-0.2, -0.15) is 0 Å². The van der Waals surface area contributed by atoms with E-state index in [1.165, 1.54) is 0 Å². The van der Waals surface area contributed by atoms with Crippen LogP contribution in [0.5, 0.6) is 0 Å². The van der Waals surface area contributed by atoms with Gasteiger partial charge in [0.2, 0.25) is 0 Å². The summed E-state index contributed by atoms with van der Waals surface area (Å²) >= 11 is 0. The van der Waals surface area contributed by atoms with Gasteiger partial charge in [0.25, 0.3) is 0 Å². The first-order valence-corrected chi connectivity index (χ1v) is 11.1. The molecule has 7 N–H and O–H groups in total. The minimum absolute atomic E-state index is 0.261. The monoisotopic (exact) mass is 450 g/mol. The number of nitrogens with zero attached hydrogens (tertiary/aromatic N) is 3. The summed E-state index contributed by atoms with van der Waals surface area (Å²) in [5.74, 6) is 1.33. The summed E-state index contributed by atoms with van der Waals surface area (Å²) in [5, 5.41) is 14.9. The molecule has 176 valence electrons. The van der Waals surface area contributed by atoms with Gasteiger partial charge < -0.3 is 32.2 Å². The molecule has 9 nitrogen and oxygen atoms in total. The van der Waals surface area contributed by atoms with Crippen LogP contribution in [0, 0.1) is 11.3 Å². The zero-order valence-electron chi connectivity index (χ0n) is 19.6. The third-order valence-electron chi connectivity index (χ3n) is 5.40. The summed E-state index contributed by atoms with van der Waals surface area (Å²) < 4.78 is 5.41. The zero-order valence-corrected chi connectivity index (χ0v) is 19.6. The van der Waals surface area contributed by atoms with Crippen LogP contribution in [-0.4, -0.2) is 60.5 Å². The van der Waals surface area contributed by atoms with Gasteiger partial charge in [0.05, 0.1) is 30.0 Å². The number of rotatable bonds is 9. The predicted octanol–water partition coefficient (Wildman–Crippen LogP) is 2.25. The lowest BCUT2D eigenvalue weighted by Crippen LogP contribution is -2.39. The maximum Gasteiger partial charge on any atom is 0.132 e. The van der Waals surface area contributed by atoms with E-state index in [1.807, 2.05) is 37.5 Å². The number of pyridine rings is 2. The molecule has 0 spiro atoms. The fourth-order valence-electron chi connectivity index (χ4n) is 3.55. The second kappa shape index (κ2) is 11.4. The third kappa shape index (κ3) is 6.53. The highest BCUT2D eigenvalue weighted by Gasteiger charge is 2.16. The van der Waals surface area contributed by atoms with E-state index in [1.54, 1.807) is 12.4 Å². The molecular weight excluding hydrogens is 416 g/mol. The molecule has 0 aromatic carbocycles. The van der Waals surface area contributed by atoms with Crippen LogP contribution in [-0.2, 0) is 4.74 Å². The van der Waals surface area contributed by atoms with Gasteiger partial charge in [0, 0.05) is 50.2 Å². The van der Waals surface area contributed by atoms with Crippen LogP contribution < -0.4 is 22.1 Å². The van der Waals surface area contributed by atoms with E-state index in [2.05, 4.69) is 39.3 Å². The molecule has 3 heterocycles. The van der Waals surface area contributed by atoms with Crippen molar-refractivity contribution in [3.8, 4) is 0 Å². The van der Waals surface area contributed by atoms with Gasteiger partial charge >= 0.3 is 0 Å². The fourth-order valence-corrected chi connectivity index (χ4v) is 3.55. The molecule has 0 amide bonds. The Labute approximate surface area is 195 Å². The lowest BCUT2D eigenvalue weighted by Gasteiger charge is -2.27. The molecule has 1 aliphatic rings. The van der Waals surface area contributed by atoms with Crippen molar-refractivity contribution in [1.82, 2.24) is 20.2 Å².